The van der Waals surface area contributed by atoms with E-state index in [1.54, 1.807) is 0 Å². The van der Waals surface area contributed by atoms with Crippen molar-refractivity contribution in [1.29, 1.82) is 0 Å². The Hall–Kier alpha value is 0.310. The molecule has 1 saturated heterocycles. The van der Waals surface area contributed by atoms with Crippen LogP contribution in [-0.2, 0) is 0 Å². The molecule has 1 rings (SSSR count). The van der Waals surface area contributed by atoms with Crippen molar-refractivity contribution < 1.29 is 0 Å². The van der Waals surface area contributed by atoms with Crippen LogP contribution in [0.2, 0.25) is 0 Å². The molecule has 1 atom stereocenters. The van der Waals surface area contributed by atoms with Crippen LogP contribution in [0.5, 0.6) is 0 Å². The Labute approximate surface area is 126 Å². The molecule has 1 fully saturated rings. The van der Waals surface area contributed by atoms with Gasteiger partial charge in [0.1, 0.15) is 0 Å². The molecule has 1 nitrogen and oxygen atoms in total. The fourth-order valence-electron chi connectivity index (χ4n) is 3.82. The monoisotopic (exact) mass is 285 g/mol. The second-order valence-corrected chi connectivity index (χ2v) is 6.96. The summed E-state index contributed by atoms with van der Waals surface area (Å²) in [5.74, 6) is 2.04. The summed E-state index contributed by atoms with van der Waals surface area (Å²) in [6.07, 6.45) is 10.9. The highest BCUT2D eigenvalue weighted by Gasteiger charge is 2.30. The Morgan fingerprint density at radius 2 is 1.74 bits per heavy atom. The second-order valence-electron chi connectivity index (χ2n) is 6.64. The van der Waals surface area contributed by atoms with Gasteiger partial charge in [-0.05, 0) is 62.3 Å². The van der Waals surface area contributed by atoms with Crippen LogP contribution in [0.25, 0.3) is 0 Å². The van der Waals surface area contributed by atoms with Crippen LogP contribution in [0, 0.1) is 11.3 Å². The summed E-state index contributed by atoms with van der Waals surface area (Å²) >= 11 is 4.71. The van der Waals surface area contributed by atoms with Gasteiger partial charge in [0.25, 0.3) is 0 Å². The molecule has 0 saturated carbocycles. The minimum absolute atomic E-state index is 0.471. The van der Waals surface area contributed by atoms with E-state index in [-0.39, 0.29) is 0 Å². The zero-order chi connectivity index (χ0) is 14.1. The maximum atomic E-state index is 4.71. The lowest BCUT2D eigenvalue weighted by Gasteiger charge is -2.37. The second kappa shape index (κ2) is 9.28. The highest BCUT2D eigenvalue weighted by molar-refractivity contribution is 7.80. The molecule has 19 heavy (non-hydrogen) atoms. The summed E-state index contributed by atoms with van der Waals surface area (Å²) in [4.78, 5) is 2.75. The molecule has 0 amide bonds. The van der Waals surface area contributed by atoms with E-state index in [9.17, 15) is 0 Å². The molecule has 114 valence electrons. The molecule has 2 heteroatoms. The lowest BCUT2D eigenvalue weighted by Crippen LogP contribution is -2.39. The van der Waals surface area contributed by atoms with E-state index in [0.717, 1.165) is 11.7 Å². The first-order valence-electron chi connectivity index (χ1n) is 8.53. The number of hydrogen-bond donors (Lipinski definition) is 1. The third-order valence-electron chi connectivity index (χ3n) is 4.97. The molecule has 0 radical (unpaired) electrons. The van der Waals surface area contributed by atoms with Gasteiger partial charge in [-0.15, -0.1) is 0 Å². The molecule has 0 aromatic carbocycles. The lowest BCUT2D eigenvalue weighted by atomic mass is 9.80. The van der Waals surface area contributed by atoms with Gasteiger partial charge in [0.05, 0.1) is 0 Å². The molecule has 1 heterocycles. The van der Waals surface area contributed by atoms with Crippen molar-refractivity contribution in [3.63, 3.8) is 0 Å². The van der Waals surface area contributed by atoms with Crippen molar-refractivity contribution >= 4 is 12.6 Å². The minimum atomic E-state index is 0.471. The summed E-state index contributed by atoms with van der Waals surface area (Å²) in [6, 6.07) is 0. The average Bonchev–Trinajstić information content (AvgIpc) is 2.64. The topological polar surface area (TPSA) is 3.24 Å². The molecule has 1 unspecified atom stereocenters. The highest BCUT2D eigenvalue weighted by atomic mass is 32.1. The summed E-state index contributed by atoms with van der Waals surface area (Å²) < 4.78 is 0. The predicted molar refractivity (Wildman–Crippen MR) is 90.2 cm³/mol. The van der Waals surface area contributed by atoms with Crippen LogP contribution in [0.1, 0.15) is 72.1 Å². The van der Waals surface area contributed by atoms with Crippen LogP contribution >= 0.6 is 12.6 Å². The van der Waals surface area contributed by atoms with Crippen molar-refractivity contribution in [2.45, 2.75) is 72.1 Å². The van der Waals surface area contributed by atoms with Gasteiger partial charge in [0.2, 0.25) is 0 Å². The van der Waals surface area contributed by atoms with E-state index in [2.05, 4.69) is 25.7 Å². The van der Waals surface area contributed by atoms with Gasteiger partial charge < -0.3 is 4.90 Å². The van der Waals surface area contributed by atoms with E-state index in [0.29, 0.717) is 5.41 Å². The van der Waals surface area contributed by atoms with E-state index in [1.165, 1.54) is 71.0 Å². The largest absolute Gasteiger partial charge is 0.303 e. The smallest absolute Gasteiger partial charge is 0.00458 e. The molecule has 0 N–H and O–H groups in total. The highest BCUT2D eigenvalue weighted by Crippen LogP contribution is 2.33. The normalized spacial score (nSPS) is 22.4. The van der Waals surface area contributed by atoms with Crippen molar-refractivity contribution in [3.05, 3.63) is 0 Å². The molecule has 0 spiro atoms. The quantitative estimate of drug-likeness (QED) is 0.613. The van der Waals surface area contributed by atoms with Gasteiger partial charge in [-0.1, -0.05) is 40.0 Å². The predicted octanol–water partition coefficient (Wildman–Crippen LogP) is 5.01. The number of hydrogen-bond acceptors (Lipinski definition) is 2. The SMILES string of the molecule is CCCC(CS)(CCC)CN1CCCC(CC)CC1. The first kappa shape index (κ1) is 17.4. The Kier molecular flexibility index (Phi) is 8.48. The summed E-state index contributed by atoms with van der Waals surface area (Å²) in [5.41, 5.74) is 0.471. The number of likely N-dealkylation sites (tertiary alicyclic amines) is 1. The van der Waals surface area contributed by atoms with Crippen LogP contribution in [0.15, 0.2) is 0 Å². The number of rotatable bonds is 8. The average molecular weight is 286 g/mol. The third kappa shape index (κ3) is 5.67. The van der Waals surface area contributed by atoms with Crippen molar-refractivity contribution in [2.75, 3.05) is 25.4 Å². The van der Waals surface area contributed by atoms with Gasteiger partial charge in [-0.25, -0.2) is 0 Å². The fourth-order valence-corrected chi connectivity index (χ4v) is 4.23. The Balaban J connectivity index is 2.57. The number of thiol groups is 1. The summed E-state index contributed by atoms with van der Waals surface area (Å²) in [6.45, 7) is 10.9. The number of nitrogens with zero attached hydrogens (tertiary/aromatic N) is 1. The van der Waals surface area contributed by atoms with E-state index >= 15 is 0 Å². The zero-order valence-electron chi connectivity index (χ0n) is 13.5. The molecule has 1 aliphatic heterocycles. The van der Waals surface area contributed by atoms with Gasteiger partial charge in [-0.3, -0.25) is 0 Å². The van der Waals surface area contributed by atoms with Crippen molar-refractivity contribution in [1.82, 2.24) is 4.90 Å². The van der Waals surface area contributed by atoms with Crippen LogP contribution < -0.4 is 0 Å². The fraction of sp³-hybridized carbons (Fsp3) is 1.00. The summed E-state index contributed by atoms with van der Waals surface area (Å²) in [7, 11) is 0. The molecule has 0 aromatic rings. The van der Waals surface area contributed by atoms with Gasteiger partial charge in [0.15, 0.2) is 0 Å². The molecular weight excluding hydrogens is 250 g/mol. The molecule has 1 aliphatic rings. The van der Waals surface area contributed by atoms with Crippen LogP contribution in [0.3, 0.4) is 0 Å². The Bertz CT molecular complexity index is 223. The van der Waals surface area contributed by atoms with E-state index < -0.39 is 0 Å². The first-order valence-corrected chi connectivity index (χ1v) is 9.16. The first-order chi connectivity index (χ1) is 9.19. The summed E-state index contributed by atoms with van der Waals surface area (Å²) in [5, 5.41) is 0. The molecule has 0 aromatic heterocycles. The third-order valence-corrected chi connectivity index (χ3v) is 5.64. The Morgan fingerprint density at radius 1 is 1.05 bits per heavy atom. The van der Waals surface area contributed by atoms with Crippen LogP contribution in [-0.4, -0.2) is 30.3 Å². The van der Waals surface area contributed by atoms with E-state index in [1.807, 2.05) is 0 Å². The van der Waals surface area contributed by atoms with E-state index in [4.69, 9.17) is 12.6 Å². The van der Waals surface area contributed by atoms with Gasteiger partial charge in [0, 0.05) is 6.54 Å². The van der Waals surface area contributed by atoms with Crippen molar-refractivity contribution in [2.24, 2.45) is 11.3 Å². The maximum absolute atomic E-state index is 4.71. The lowest BCUT2D eigenvalue weighted by molar-refractivity contribution is 0.148. The van der Waals surface area contributed by atoms with Gasteiger partial charge >= 0.3 is 0 Å². The molecule has 0 bridgehead atoms. The minimum Gasteiger partial charge on any atom is -0.303 e. The van der Waals surface area contributed by atoms with Crippen LogP contribution in [0.4, 0.5) is 0 Å². The van der Waals surface area contributed by atoms with Gasteiger partial charge in [-0.2, -0.15) is 12.6 Å². The maximum Gasteiger partial charge on any atom is 0.00458 e. The Morgan fingerprint density at radius 3 is 2.26 bits per heavy atom. The standard InChI is InChI=1S/C17H35NS/c1-4-10-17(15-19,11-5-2)14-18-12-7-8-16(6-3)9-13-18/h16,19H,4-15H2,1-3H3. The molecule has 0 aliphatic carbocycles. The zero-order valence-corrected chi connectivity index (χ0v) is 14.4. The molecular formula is C17H35NS. The van der Waals surface area contributed by atoms with Crippen molar-refractivity contribution in [3.8, 4) is 0 Å².